The van der Waals surface area contributed by atoms with Gasteiger partial charge in [-0.2, -0.15) is 0 Å². The third-order valence-corrected chi connectivity index (χ3v) is 0. The van der Waals surface area contributed by atoms with E-state index in [1.54, 1.807) is 0 Å². The smallest absolute Gasteiger partial charge is 2.00 e. The second-order valence-electron chi connectivity index (χ2n) is 0. The predicted molar refractivity (Wildman–Crippen MR) is 9.35 cm³/mol. The van der Waals surface area contributed by atoms with Crippen molar-refractivity contribution in [2.24, 2.45) is 0 Å². The molecule has 0 heterocycles. The number of hydrogen-bond donors (Lipinski definition) is 0. The Kier molecular flexibility index (Phi) is 204. The zero-order valence-electron chi connectivity index (χ0n) is 4.02. The van der Waals surface area contributed by atoms with Gasteiger partial charge in [0.2, 0.25) is 0 Å². The summed E-state index contributed by atoms with van der Waals surface area (Å²) in [5.74, 6) is 0. The quantitative estimate of drug-likeness (QED) is 0.392. The van der Waals surface area contributed by atoms with E-state index in [1.165, 1.54) is 0 Å². The third kappa shape index (κ3) is 9.09. The van der Waals surface area contributed by atoms with Gasteiger partial charge in [-0.05, 0) is 0 Å². The van der Waals surface area contributed by atoms with Gasteiger partial charge in [0.25, 0.3) is 0 Å². The summed E-state index contributed by atoms with van der Waals surface area (Å²) in [6.07, 6.45) is 0. The maximum atomic E-state index is 0. The van der Waals surface area contributed by atoms with Crippen LogP contribution in [0.25, 0.3) is 0 Å². The van der Waals surface area contributed by atoms with Crippen LogP contribution in [0.5, 0.6) is 0 Å². The maximum Gasteiger partial charge on any atom is 4.00 e. The summed E-state index contributed by atoms with van der Waals surface area (Å²) in [4.78, 5) is 0. The van der Waals surface area contributed by atoms with Crippen LogP contribution in [0.15, 0.2) is 0 Å². The van der Waals surface area contributed by atoms with Crippen LogP contribution in [0.4, 0.5) is 0 Å². The molecule has 4 heteroatoms. The molecule has 2 nitrogen and oxygen atoms in total. The topological polar surface area (TPSA) is 57.0 Å². The first kappa shape index (κ1) is 39.4. The van der Waals surface area contributed by atoms with Crippen molar-refractivity contribution in [2.45, 2.75) is 0 Å². The maximum absolute atomic E-state index is 0. The summed E-state index contributed by atoms with van der Waals surface area (Å²) in [6.45, 7) is 0. The van der Waals surface area contributed by atoms with Crippen molar-refractivity contribution in [2.75, 3.05) is 0 Å². The Morgan fingerprint density at radius 2 is 1.00 bits per heavy atom. The van der Waals surface area contributed by atoms with Gasteiger partial charge in [-0.1, -0.05) is 0 Å². The fraction of sp³-hybridized carbons (Fsp3) is 0. The summed E-state index contributed by atoms with van der Waals surface area (Å²) in [7, 11) is 0. The van der Waals surface area contributed by atoms with E-state index in [9.17, 15) is 0 Å². The Labute approximate surface area is 72.4 Å². The molecule has 0 rings (SSSR count). The van der Waals surface area contributed by atoms with E-state index in [0.717, 1.165) is 0 Å². The van der Waals surface area contributed by atoms with Crippen LogP contribution in [-0.2, 0) is 32.7 Å². The van der Waals surface area contributed by atoms with E-state index in [0.29, 0.717) is 0 Å². The van der Waals surface area contributed by atoms with Crippen molar-refractivity contribution in [1.29, 1.82) is 0 Å². The van der Waals surface area contributed by atoms with E-state index in [2.05, 4.69) is 0 Å². The fourth-order valence-electron chi connectivity index (χ4n) is 0. The van der Waals surface area contributed by atoms with Crippen molar-refractivity contribution in [3.8, 4) is 0 Å². The van der Waals surface area contributed by atoms with Gasteiger partial charge in [0.15, 0.2) is 0 Å². The molecular weight excluding hydrogens is 120 g/mol. The van der Waals surface area contributed by atoms with Gasteiger partial charge in [0, 0.05) is 0 Å². The first-order valence-corrected chi connectivity index (χ1v) is 0. The summed E-state index contributed by atoms with van der Waals surface area (Å²) in [5, 5.41) is 0. The zero-order valence-corrected chi connectivity index (χ0v) is 5.79. The minimum absolute atomic E-state index is 0. The van der Waals surface area contributed by atoms with Crippen LogP contribution in [0.1, 0.15) is 2.85 Å². The molecule has 0 aliphatic heterocycles. The Morgan fingerprint density at radius 3 is 1.00 bits per heavy atom. The second-order valence-corrected chi connectivity index (χ2v) is 0. The zero-order chi connectivity index (χ0) is 0. The van der Waals surface area contributed by atoms with Gasteiger partial charge in [-0.3, -0.25) is 0 Å². The molecule has 0 aromatic carbocycles. The van der Waals surface area contributed by atoms with Gasteiger partial charge >= 0.3 is 59.5 Å². The van der Waals surface area contributed by atoms with E-state index in [-0.39, 0.29) is 73.3 Å². The molecule has 0 amide bonds. The molecule has 0 unspecified atom stereocenters. The average Bonchev–Trinajstić information content (AvgIpc) is 0. The molecule has 0 atom stereocenters. The number of hydrogen-bond acceptors (Lipinski definition) is 0. The Morgan fingerprint density at radius 1 is 1.00 bits per heavy atom. The van der Waals surface area contributed by atoms with Gasteiger partial charge in [0.1, 0.15) is 0 Å². The molecule has 0 aliphatic rings. The normalized spacial score (nSPS) is 0. The summed E-state index contributed by atoms with van der Waals surface area (Å²) in [5.41, 5.74) is 0. The van der Waals surface area contributed by atoms with Crippen LogP contribution >= 0.6 is 0 Å². The van der Waals surface area contributed by atoms with Crippen molar-refractivity contribution in [3.63, 3.8) is 0 Å². The molecule has 4 heavy (non-hydrogen) atoms. The molecule has 0 saturated heterocycles. The monoisotopic (exact) mass is 122 g/mol. The molecule has 0 bridgehead atoms. The largest absolute Gasteiger partial charge is 4.00 e. The van der Waals surface area contributed by atoms with Crippen molar-refractivity contribution in [1.82, 2.24) is 0 Å². The third-order valence-electron chi connectivity index (χ3n) is 0. The summed E-state index contributed by atoms with van der Waals surface area (Å²) in [6, 6.07) is 0. The molecule has 0 fully saturated rings. The van der Waals surface area contributed by atoms with Gasteiger partial charge < -0.3 is 13.8 Å². The molecule has 0 saturated carbocycles. The van der Waals surface area contributed by atoms with Gasteiger partial charge in [-0.25, -0.2) is 0 Å². The van der Waals surface area contributed by atoms with Crippen LogP contribution < -0.4 is 0 Å². The van der Waals surface area contributed by atoms with Gasteiger partial charge in [-0.15, -0.1) is 0 Å². The van der Waals surface area contributed by atoms with E-state index >= 15 is 0 Å². The van der Waals surface area contributed by atoms with Crippen molar-refractivity contribution < 1.29 is 35.5 Å². The molecule has 0 aromatic heterocycles. The molecule has 0 spiro atoms. The first-order valence-electron chi connectivity index (χ1n) is 0. The molecule has 0 N–H and O–H groups in total. The van der Waals surface area contributed by atoms with Gasteiger partial charge in [0.05, 0.1) is 0 Å². The second kappa shape index (κ2) is 20.7. The Balaban J connectivity index is 0. The molecule has 0 aromatic rings. The molecule has 20 valence electrons. The summed E-state index contributed by atoms with van der Waals surface area (Å²) >= 11 is 0. The van der Waals surface area contributed by atoms with Crippen molar-refractivity contribution in [3.05, 3.63) is 0 Å². The molecule has 0 radical (unpaired) electrons. The van der Waals surface area contributed by atoms with E-state index < -0.39 is 0 Å². The SMILES string of the molecule is [Ca+2].[H-].[H-].[O-2].[O-2].[Ti+4]. The molecular formula is H2CaO2Ti. The molecule has 0 aliphatic carbocycles. The Bertz CT molecular complexity index is 11.5. The standard InChI is InChI=1S/Ca.2O.Ti.2H/q+2;2*-2;+4;2*-1. The first-order chi connectivity index (χ1) is 0. The number of rotatable bonds is 0. The van der Waals surface area contributed by atoms with Crippen LogP contribution in [0.3, 0.4) is 0 Å². The minimum Gasteiger partial charge on any atom is -2.00 e. The Hall–Kier alpha value is 1.89. The van der Waals surface area contributed by atoms with Crippen LogP contribution in [0.2, 0.25) is 0 Å². The van der Waals surface area contributed by atoms with Crippen molar-refractivity contribution >= 4 is 37.7 Å². The van der Waals surface area contributed by atoms with Crippen LogP contribution in [0, 0.1) is 0 Å². The predicted octanol–water partition coefficient (Wildman–Crippen LogP) is -0.396. The fourth-order valence-corrected chi connectivity index (χ4v) is 0. The average molecular weight is 122 g/mol. The van der Waals surface area contributed by atoms with Crippen LogP contribution in [-0.4, -0.2) is 37.7 Å². The summed E-state index contributed by atoms with van der Waals surface area (Å²) < 4.78 is 0. The van der Waals surface area contributed by atoms with E-state index in [4.69, 9.17) is 0 Å². The van der Waals surface area contributed by atoms with E-state index in [1.807, 2.05) is 0 Å². The minimum atomic E-state index is 0.